The monoisotopic (exact) mass is 497 g/mol. The summed E-state index contributed by atoms with van der Waals surface area (Å²) in [6.45, 7) is 3.85. The summed E-state index contributed by atoms with van der Waals surface area (Å²) >= 11 is 1.57. The molecule has 0 spiro atoms. The summed E-state index contributed by atoms with van der Waals surface area (Å²) < 4.78 is 5.98. The Morgan fingerprint density at radius 1 is 1.03 bits per heavy atom. The minimum absolute atomic E-state index is 0.0977. The number of hydrogen-bond donors (Lipinski definition) is 1. The molecule has 1 aliphatic rings. The fourth-order valence-corrected chi connectivity index (χ4v) is 5.14. The van der Waals surface area contributed by atoms with Crippen molar-refractivity contribution in [2.75, 3.05) is 16.8 Å². The van der Waals surface area contributed by atoms with Gasteiger partial charge in [0.05, 0.1) is 11.4 Å². The molecule has 0 fully saturated rings. The molecule has 0 saturated carbocycles. The molecule has 4 aromatic rings. The molecule has 2 amide bonds. The minimum Gasteiger partial charge on any atom is -0.478 e. The molecule has 7 heteroatoms. The molecular formula is C29H27N3O3S. The molecule has 1 atom stereocenters. The van der Waals surface area contributed by atoms with Gasteiger partial charge in [-0.1, -0.05) is 62.4 Å². The van der Waals surface area contributed by atoms with Gasteiger partial charge in [-0.25, -0.2) is 4.98 Å². The first-order valence-electron chi connectivity index (χ1n) is 12.1. The van der Waals surface area contributed by atoms with Gasteiger partial charge in [0.1, 0.15) is 17.3 Å². The second-order valence-corrected chi connectivity index (χ2v) is 9.44. The van der Waals surface area contributed by atoms with Gasteiger partial charge < -0.3 is 10.1 Å². The van der Waals surface area contributed by atoms with Crippen LogP contribution in [-0.2, 0) is 16.0 Å². The highest BCUT2D eigenvalue weighted by atomic mass is 32.1. The van der Waals surface area contributed by atoms with E-state index in [1.54, 1.807) is 11.3 Å². The molecule has 1 N–H and O–H groups in total. The van der Waals surface area contributed by atoms with E-state index in [4.69, 9.17) is 9.72 Å². The Bertz CT molecular complexity index is 1400. The van der Waals surface area contributed by atoms with Crippen LogP contribution in [0.5, 0.6) is 5.75 Å². The number of aryl methyl sites for hydroxylation is 1. The molecule has 5 rings (SSSR count). The zero-order valence-corrected chi connectivity index (χ0v) is 21.0. The third-order valence-electron chi connectivity index (χ3n) is 6.23. The number of para-hydroxylation sites is 1. The smallest absolute Gasteiger partial charge is 0.268 e. The van der Waals surface area contributed by atoms with Crippen molar-refractivity contribution < 1.29 is 14.3 Å². The van der Waals surface area contributed by atoms with Crippen LogP contribution in [0.2, 0.25) is 0 Å². The van der Waals surface area contributed by atoms with Gasteiger partial charge in [-0.2, -0.15) is 0 Å². The maximum absolute atomic E-state index is 13.3. The van der Waals surface area contributed by atoms with Crippen LogP contribution < -0.4 is 15.0 Å². The average molecular weight is 498 g/mol. The third-order valence-corrected chi connectivity index (χ3v) is 7.12. The summed E-state index contributed by atoms with van der Waals surface area (Å²) in [5.41, 5.74) is 5.12. The number of carbonyl (C=O) groups excluding carboxylic acids is 2. The Kier molecular flexibility index (Phi) is 6.82. The fraction of sp³-hybridized carbons (Fsp3) is 0.207. The number of amides is 2. The van der Waals surface area contributed by atoms with Crippen LogP contribution in [0.15, 0.2) is 78.2 Å². The van der Waals surface area contributed by atoms with Gasteiger partial charge in [0, 0.05) is 22.2 Å². The number of anilines is 2. The lowest BCUT2D eigenvalue weighted by Crippen LogP contribution is -2.48. The molecule has 1 aromatic heterocycles. The Morgan fingerprint density at radius 2 is 1.81 bits per heavy atom. The van der Waals surface area contributed by atoms with Gasteiger partial charge in [-0.05, 0) is 42.7 Å². The van der Waals surface area contributed by atoms with Crippen molar-refractivity contribution in [3.8, 4) is 27.6 Å². The lowest BCUT2D eigenvalue weighted by molar-refractivity contribution is -0.128. The van der Waals surface area contributed by atoms with Crippen molar-refractivity contribution in [3.05, 3.63) is 83.7 Å². The Morgan fingerprint density at radius 3 is 2.58 bits per heavy atom. The standard InChI is InChI=1S/C29H27N3O3S/c1-3-19-10-8-9-13-22(19)30-27(33)17-32-24-16-21(14-15-26(24)35-25(4-2)29(32)34)23-18-36-28(31-23)20-11-6-5-7-12-20/h5-16,18,25H,3-4,17H2,1-2H3,(H,30,33). The van der Waals surface area contributed by atoms with Crippen LogP contribution in [0.1, 0.15) is 25.8 Å². The van der Waals surface area contributed by atoms with Crippen LogP contribution in [0.25, 0.3) is 21.8 Å². The molecular weight excluding hydrogens is 470 g/mol. The molecule has 1 aliphatic heterocycles. The Labute approximate surface area is 214 Å². The third kappa shape index (κ3) is 4.75. The normalized spacial score (nSPS) is 14.8. The van der Waals surface area contributed by atoms with E-state index >= 15 is 0 Å². The zero-order valence-electron chi connectivity index (χ0n) is 20.2. The highest BCUT2D eigenvalue weighted by Gasteiger charge is 2.35. The quantitative estimate of drug-likeness (QED) is 0.331. The van der Waals surface area contributed by atoms with E-state index < -0.39 is 6.10 Å². The Hall–Kier alpha value is -3.97. The van der Waals surface area contributed by atoms with E-state index in [1.165, 1.54) is 4.90 Å². The van der Waals surface area contributed by atoms with Gasteiger partial charge in [0.15, 0.2) is 6.10 Å². The predicted octanol–water partition coefficient (Wildman–Crippen LogP) is 6.18. The topological polar surface area (TPSA) is 71.5 Å². The van der Waals surface area contributed by atoms with Gasteiger partial charge >= 0.3 is 0 Å². The second kappa shape index (κ2) is 10.3. The molecule has 1 unspecified atom stereocenters. The Balaban J connectivity index is 1.44. The number of hydrogen-bond acceptors (Lipinski definition) is 5. The summed E-state index contributed by atoms with van der Waals surface area (Å²) in [6.07, 6.45) is 0.696. The summed E-state index contributed by atoms with van der Waals surface area (Å²) in [4.78, 5) is 32.7. The van der Waals surface area contributed by atoms with E-state index in [9.17, 15) is 9.59 Å². The summed E-state index contributed by atoms with van der Waals surface area (Å²) in [5, 5.41) is 5.90. The molecule has 0 radical (unpaired) electrons. The second-order valence-electron chi connectivity index (χ2n) is 8.58. The molecule has 0 saturated heterocycles. The number of ether oxygens (including phenoxy) is 1. The zero-order chi connectivity index (χ0) is 25.1. The van der Waals surface area contributed by atoms with Crippen molar-refractivity contribution in [1.29, 1.82) is 0 Å². The van der Waals surface area contributed by atoms with Gasteiger partial charge in [-0.15, -0.1) is 11.3 Å². The molecule has 0 aliphatic carbocycles. The van der Waals surface area contributed by atoms with Crippen LogP contribution in [0, 0.1) is 0 Å². The largest absolute Gasteiger partial charge is 0.478 e. The van der Waals surface area contributed by atoms with Crippen LogP contribution in [-0.4, -0.2) is 29.4 Å². The molecule has 36 heavy (non-hydrogen) atoms. The number of fused-ring (bicyclic) bond motifs is 1. The summed E-state index contributed by atoms with van der Waals surface area (Å²) in [6, 6.07) is 23.4. The van der Waals surface area contributed by atoms with Gasteiger partial charge in [-0.3, -0.25) is 14.5 Å². The van der Waals surface area contributed by atoms with Crippen molar-refractivity contribution in [1.82, 2.24) is 4.98 Å². The minimum atomic E-state index is -0.622. The fourth-order valence-electron chi connectivity index (χ4n) is 4.31. The molecule has 0 bridgehead atoms. The maximum Gasteiger partial charge on any atom is 0.268 e. The number of carbonyl (C=O) groups is 2. The van der Waals surface area contributed by atoms with Crippen LogP contribution >= 0.6 is 11.3 Å². The van der Waals surface area contributed by atoms with E-state index in [0.29, 0.717) is 17.9 Å². The number of thiazole rings is 1. The first-order chi connectivity index (χ1) is 17.6. The SMILES string of the molecule is CCc1ccccc1NC(=O)CN1C(=O)C(CC)Oc2ccc(-c3csc(-c4ccccc4)n3)cc21. The van der Waals surface area contributed by atoms with E-state index in [1.807, 2.05) is 92.0 Å². The van der Waals surface area contributed by atoms with Crippen LogP contribution in [0.4, 0.5) is 11.4 Å². The molecule has 2 heterocycles. The highest BCUT2D eigenvalue weighted by molar-refractivity contribution is 7.13. The van der Waals surface area contributed by atoms with Gasteiger partial charge in [0.25, 0.3) is 5.91 Å². The van der Waals surface area contributed by atoms with Crippen molar-refractivity contribution >= 4 is 34.5 Å². The first kappa shape index (κ1) is 23.8. The van der Waals surface area contributed by atoms with Crippen molar-refractivity contribution in [2.24, 2.45) is 0 Å². The number of nitrogens with zero attached hydrogens (tertiary/aromatic N) is 2. The summed E-state index contributed by atoms with van der Waals surface area (Å²) in [5.74, 6) is 0.118. The van der Waals surface area contributed by atoms with Crippen molar-refractivity contribution in [3.63, 3.8) is 0 Å². The number of nitrogens with one attached hydrogen (secondary N) is 1. The van der Waals surface area contributed by atoms with E-state index in [0.717, 1.165) is 39.5 Å². The molecule has 182 valence electrons. The average Bonchev–Trinajstić information content (AvgIpc) is 3.41. The number of benzene rings is 3. The highest BCUT2D eigenvalue weighted by Crippen LogP contribution is 2.39. The maximum atomic E-state index is 13.3. The van der Waals surface area contributed by atoms with Crippen LogP contribution in [0.3, 0.4) is 0 Å². The van der Waals surface area contributed by atoms with Gasteiger partial charge in [0.2, 0.25) is 5.91 Å². The van der Waals surface area contributed by atoms with Crippen molar-refractivity contribution in [2.45, 2.75) is 32.8 Å². The van der Waals surface area contributed by atoms with E-state index in [-0.39, 0.29) is 18.4 Å². The van der Waals surface area contributed by atoms with E-state index in [2.05, 4.69) is 5.32 Å². The first-order valence-corrected chi connectivity index (χ1v) is 13.0. The lowest BCUT2D eigenvalue weighted by Gasteiger charge is -2.34. The lowest BCUT2D eigenvalue weighted by atomic mass is 10.1. The number of rotatable bonds is 7. The predicted molar refractivity (Wildman–Crippen MR) is 144 cm³/mol. The summed E-state index contributed by atoms with van der Waals surface area (Å²) in [7, 11) is 0. The molecule has 6 nitrogen and oxygen atoms in total. The number of aromatic nitrogens is 1. The molecule has 3 aromatic carbocycles.